The van der Waals surface area contributed by atoms with Crippen LogP contribution in [-0.2, 0) is 0 Å². The van der Waals surface area contributed by atoms with Gasteiger partial charge in [-0.15, -0.1) is 0 Å². The van der Waals surface area contributed by atoms with Gasteiger partial charge in [-0.25, -0.2) is 0 Å². The highest BCUT2D eigenvalue weighted by atomic mass is 16.3. The average molecular weight is 165 g/mol. The number of benzene rings is 1. The van der Waals surface area contributed by atoms with Gasteiger partial charge in [0, 0.05) is 6.04 Å². The zero-order valence-corrected chi connectivity index (χ0v) is 7.49. The van der Waals surface area contributed by atoms with Crippen molar-refractivity contribution in [1.29, 1.82) is 0 Å². The first kappa shape index (κ1) is 9.23. The topological polar surface area (TPSA) is 46.2 Å². The van der Waals surface area contributed by atoms with Gasteiger partial charge in [0.15, 0.2) is 0 Å². The minimum Gasteiger partial charge on any atom is -0.389 e. The molecular formula is C10H15NO. The molecule has 0 aliphatic carbocycles. The van der Waals surface area contributed by atoms with Crippen molar-refractivity contribution in [2.24, 2.45) is 5.73 Å². The highest BCUT2D eigenvalue weighted by molar-refractivity contribution is 5.25. The fourth-order valence-corrected chi connectivity index (χ4v) is 1.08. The molecule has 0 heterocycles. The van der Waals surface area contributed by atoms with Crippen molar-refractivity contribution < 1.29 is 5.11 Å². The number of aliphatic hydroxyl groups excluding tert-OH is 1. The summed E-state index contributed by atoms with van der Waals surface area (Å²) in [6.07, 6.45) is -0.396. The zero-order chi connectivity index (χ0) is 9.14. The summed E-state index contributed by atoms with van der Waals surface area (Å²) in [5.41, 5.74) is 7.70. The van der Waals surface area contributed by atoms with E-state index in [9.17, 15) is 5.11 Å². The molecule has 0 saturated carbocycles. The number of hydrogen-bond acceptors (Lipinski definition) is 2. The van der Waals surface area contributed by atoms with Gasteiger partial charge < -0.3 is 10.8 Å². The molecule has 0 amide bonds. The zero-order valence-electron chi connectivity index (χ0n) is 7.49. The van der Waals surface area contributed by atoms with Gasteiger partial charge in [-0.2, -0.15) is 0 Å². The Morgan fingerprint density at radius 3 is 1.83 bits per heavy atom. The molecule has 0 radical (unpaired) electrons. The van der Waals surface area contributed by atoms with Gasteiger partial charge in [0.25, 0.3) is 0 Å². The average Bonchev–Trinajstić information content (AvgIpc) is 2.04. The van der Waals surface area contributed by atoms with Gasteiger partial charge >= 0.3 is 0 Å². The van der Waals surface area contributed by atoms with Crippen LogP contribution in [0.25, 0.3) is 0 Å². The smallest absolute Gasteiger partial charge is 0.0761 e. The van der Waals surface area contributed by atoms with Gasteiger partial charge in [-0.05, 0) is 25.0 Å². The Balaban J connectivity index is 2.86. The minimum atomic E-state index is -0.396. The normalized spacial score (nSPS) is 15.7. The summed E-state index contributed by atoms with van der Waals surface area (Å²) in [6, 6.07) is 7.78. The fraction of sp³-hybridized carbons (Fsp3) is 0.400. The molecule has 0 spiro atoms. The highest BCUT2D eigenvalue weighted by Gasteiger charge is 2.01. The summed E-state index contributed by atoms with van der Waals surface area (Å²) >= 11 is 0. The Morgan fingerprint density at radius 2 is 1.50 bits per heavy atom. The van der Waals surface area contributed by atoms with Crippen LogP contribution in [0.2, 0.25) is 0 Å². The van der Waals surface area contributed by atoms with Crippen molar-refractivity contribution >= 4 is 0 Å². The van der Waals surface area contributed by atoms with Gasteiger partial charge in [0.2, 0.25) is 0 Å². The van der Waals surface area contributed by atoms with Gasteiger partial charge in [-0.3, -0.25) is 0 Å². The summed E-state index contributed by atoms with van der Waals surface area (Å²) < 4.78 is 0. The predicted molar refractivity (Wildman–Crippen MR) is 49.7 cm³/mol. The van der Waals surface area contributed by atoms with E-state index < -0.39 is 6.10 Å². The van der Waals surface area contributed by atoms with Gasteiger partial charge in [0.05, 0.1) is 6.10 Å². The molecule has 2 heteroatoms. The van der Waals surface area contributed by atoms with E-state index in [2.05, 4.69) is 0 Å². The molecule has 0 aliphatic rings. The maximum atomic E-state index is 9.22. The molecular weight excluding hydrogens is 150 g/mol. The lowest BCUT2D eigenvalue weighted by molar-refractivity contribution is 0.199. The first-order chi connectivity index (χ1) is 5.61. The van der Waals surface area contributed by atoms with Crippen LogP contribution in [0.1, 0.15) is 37.1 Å². The number of aliphatic hydroxyl groups is 1. The Morgan fingerprint density at radius 1 is 1.08 bits per heavy atom. The lowest BCUT2D eigenvalue weighted by Gasteiger charge is -2.08. The number of nitrogens with two attached hydrogens (primary N) is 1. The number of hydrogen-bond donors (Lipinski definition) is 2. The van der Waals surface area contributed by atoms with Crippen molar-refractivity contribution in [1.82, 2.24) is 0 Å². The molecule has 2 atom stereocenters. The predicted octanol–water partition coefficient (Wildman–Crippen LogP) is 1.76. The lowest BCUT2D eigenvalue weighted by atomic mass is 10.0. The standard InChI is InChI=1S/C10H15NO/c1-7(11)9-3-5-10(6-4-9)8(2)12/h3-8,12H,11H2,1-2H3. The second-order valence-electron chi connectivity index (χ2n) is 3.13. The molecule has 2 unspecified atom stereocenters. The third-order valence-electron chi connectivity index (χ3n) is 1.94. The molecule has 0 aliphatic heterocycles. The van der Waals surface area contributed by atoms with Gasteiger partial charge in [0.1, 0.15) is 0 Å². The molecule has 2 nitrogen and oxygen atoms in total. The van der Waals surface area contributed by atoms with Crippen molar-refractivity contribution in [3.63, 3.8) is 0 Å². The van der Waals surface area contributed by atoms with Crippen LogP contribution >= 0.6 is 0 Å². The Kier molecular flexibility index (Phi) is 2.84. The van der Waals surface area contributed by atoms with Crippen molar-refractivity contribution in [3.8, 4) is 0 Å². The molecule has 0 bridgehead atoms. The van der Waals surface area contributed by atoms with E-state index in [0.29, 0.717) is 0 Å². The summed E-state index contributed by atoms with van der Waals surface area (Å²) in [5, 5.41) is 9.22. The summed E-state index contributed by atoms with van der Waals surface area (Å²) in [4.78, 5) is 0. The fourth-order valence-electron chi connectivity index (χ4n) is 1.08. The van der Waals surface area contributed by atoms with Crippen molar-refractivity contribution in [2.45, 2.75) is 26.0 Å². The van der Waals surface area contributed by atoms with Crippen LogP contribution in [0.4, 0.5) is 0 Å². The molecule has 0 fully saturated rings. The van der Waals surface area contributed by atoms with Crippen LogP contribution in [0.3, 0.4) is 0 Å². The molecule has 1 rings (SSSR count). The minimum absolute atomic E-state index is 0.0630. The molecule has 3 N–H and O–H groups in total. The van der Waals surface area contributed by atoms with E-state index in [1.807, 2.05) is 31.2 Å². The first-order valence-corrected chi connectivity index (χ1v) is 4.14. The van der Waals surface area contributed by atoms with E-state index >= 15 is 0 Å². The quantitative estimate of drug-likeness (QED) is 0.701. The second kappa shape index (κ2) is 3.70. The first-order valence-electron chi connectivity index (χ1n) is 4.14. The van der Waals surface area contributed by atoms with Crippen LogP contribution in [0.15, 0.2) is 24.3 Å². The highest BCUT2D eigenvalue weighted by Crippen LogP contribution is 2.15. The summed E-state index contributed by atoms with van der Waals surface area (Å²) in [6.45, 7) is 3.69. The summed E-state index contributed by atoms with van der Waals surface area (Å²) in [7, 11) is 0. The SMILES string of the molecule is CC(N)c1ccc(C(C)O)cc1. The van der Waals surface area contributed by atoms with Gasteiger partial charge in [-0.1, -0.05) is 24.3 Å². The van der Waals surface area contributed by atoms with Crippen molar-refractivity contribution in [3.05, 3.63) is 35.4 Å². The van der Waals surface area contributed by atoms with E-state index in [4.69, 9.17) is 5.73 Å². The van der Waals surface area contributed by atoms with Crippen LogP contribution < -0.4 is 5.73 Å². The lowest BCUT2D eigenvalue weighted by Crippen LogP contribution is -2.04. The molecule has 0 saturated heterocycles. The van der Waals surface area contributed by atoms with Crippen LogP contribution in [-0.4, -0.2) is 5.11 Å². The monoisotopic (exact) mass is 165 g/mol. The van der Waals surface area contributed by atoms with E-state index in [0.717, 1.165) is 11.1 Å². The van der Waals surface area contributed by atoms with E-state index in [1.54, 1.807) is 6.92 Å². The molecule has 1 aromatic rings. The van der Waals surface area contributed by atoms with E-state index in [1.165, 1.54) is 0 Å². The Hall–Kier alpha value is -0.860. The summed E-state index contributed by atoms with van der Waals surface area (Å²) in [5.74, 6) is 0. The third kappa shape index (κ3) is 2.06. The Bertz CT molecular complexity index is 212. The maximum absolute atomic E-state index is 9.22. The van der Waals surface area contributed by atoms with Crippen molar-refractivity contribution in [2.75, 3.05) is 0 Å². The molecule has 66 valence electrons. The van der Waals surface area contributed by atoms with Crippen LogP contribution in [0, 0.1) is 0 Å². The molecule has 0 aromatic heterocycles. The second-order valence-corrected chi connectivity index (χ2v) is 3.13. The van der Waals surface area contributed by atoms with E-state index in [-0.39, 0.29) is 6.04 Å². The Labute approximate surface area is 73.0 Å². The van der Waals surface area contributed by atoms with Crippen LogP contribution in [0.5, 0.6) is 0 Å². The molecule has 1 aromatic carbocycles. The number of rotatable bonds is 2. The maximum Gasteiger partial charge on any atom is 0.0761 e. The largest absolute Gasteiger partial charge is 0.389 e. The molecule has 12 heavy (non-hydrogen) atoms. The third-order valence-corrected chi connectivity index (χ3v) is 1.94.